The molecule has 1 amide bonds. The molecule has 4 heteroatoms. The fourth-order valence-corrected chi connectivity index (χ4v) is 1.41. The Morgan fingerprint density at radius 3 is 2.22 bits per heavy atom. The third kappa shape index (κ3) is 4.57. The summed E-state index contributed by atoms with van der Waals surface area (Å²) in [7, 11) is 0. The lowest BCUT2D eigenvalue weighted by Crippen LogP contribution is -2.43. The van der Waals surface area contributed by atoms with Crippen LogP contribution in [0.1, 0.15) is 27.7 Å². The summed E-state index contributed by atoms with van der Waals surface area (Å²) in [4.78, 5) is 11.9. The molecule has 0 saturated heterocycles. The van der Waals surface area contributed by atoms with E-state index in [0.717, 1.165) is 0 Å². The molecule has 0 bridgehead atoms. The number of benzene rings is 1. The smallest absolute Gasteiger partial charge is 0.260 e. The van der Waals surface area contributed by atoms with E-state index < -0.39 is 6.10 Å². The van der Waals surface area contributed by atoms with Gasteiger partial charge < -0.3 is 10.1 Å². The van der Waals surface area contributed by atoms with Crippen molar-refractivity contribution in [2.75, 3.05) is 0 Å². The molecule has 2 unspecified atom stereocenters. The molecule has 0 aromatic heterocycles. The summed E-state index contributed by atoms with van der Waals surface area (Å²) in [6.07, 6.45) is -0.521. The van der Waals surface area contributed by atoms with E-state index in [-0.39, 0.29) is 11.9 Å². The average molecular weight is 270 g/mol. The van der Waals surface area contributed by atoms with Gasteiger partial charge in [0.1, 0.15) is 5.75 Å². The maximum Gasteiger partial charge on any atom is 0.260 e. The number of nitrogens with one attached hydrogen (secondary N) is 1. The summed E-state index contributed by atoms with van der Waals surface area (Å²) in [6.45, 7) is 7.85. The molecule has 18 heavy (non-hydrogen) atoms. The van der Waals surface area contributed by atoms with Gasteiger partial charge in [-0.25, -0.2) is 0 Å². The number of ether oxygens (including phenoxy) is 1. The minimum atomic E-state index is -0.521. The van der Waals surface area contributed by atoms with Gasteiger partial charge in [-0.2, -0.15) is 0 Å². The van der Waals surface area contributed by atoms with Gasteiger partial charge in [0.2, 0.25) is 0 Å². The predicted molar refractivity (Wildman–Crippen MR) is 74.0 cm³/mol. The molecule has 100 valence electrons. The second-order valence-corrected chi connectivity index (χ2v) is 5.19. The van der Waals surface area contributed by atoms with Crippen LogP contribution in [-0.4, -0.2) is 18.1 Å². The Morgan fingerprint density at radius 2 is 1.72 bits per heavy atom. The molecule has 1 aromatic carbocycles. The topological polar surface area (TPSA) is 38.3 Å². The van der Waals surface area contributed by atoms with Crippen molar-refractivity contribution in [3.8, 4) is 5.75 Å². The van der Waals surface area contributed by atoms with Crippen molar-refractivity contribution < 1.29 is 9.53 Å². The van der Waals surface area contributed by atoms with Gasteiger partial charge in [0, 0.05) is 11.1 Å². The molecule has 2 atom stereocenters. The van der Waals surface area contributed by atoms with Gasteiger partial charge in [-0.3, -0.25) is 4.79 Å². The van der Waals surface area contributed by atoms with Crippen molar-refractivity contribution in [2.24, 2.45) is 5.92 Å². The number of hydrogen-bond donors (Lipinski definition) is 1. The van der Waals surface area contributed by atoms with Crippen LogP contribution < -0.4 is 10.1 Å². The lowest BCUT2D eigenvalue weighted by Gasteiger charge is -2.21. The van der Waals surface area contributed by atoms with E-state index in [1.807, 2.05) is 6.92 Å². The number of hydrogen-bond acceptors (Lipinski definition) is 2. The number of amides is 1. The first-order chi connectivity index (χ1) is 8.40. The highest BCUT2D eigenvalue weighted by Gasteiger charge is 2.18. The van der Waals surface area contributed by atoms with Crippen LogP contribution in [0, 0.1) is 5.92 Å². The van der Waals surface area contributed by atoms with E-state index >= 15 is 0 Å². The van der Waals surface area contributed by atoms with Crippen molar-refractivity contribution in [1.29, 1.82) is 0 Å². The fraction of sp³-hybridized carbons (Fsp3) is 0.500. The highest BCUT2D eigenvalue weighted by atomic mass is 35.5. The number of carbonyl (C=O) groups excluding carboxylic acids is 1. The van der Waals surface area contributed by atoms with Crippen molar-refractivity contribution in [3.05, 3.63) is 29.3 Å². The fourth-order valence-electron chi connectivity index (χ4n) is 1.28. The Bertz CT molecular complexity index is 389. The molecular weight excluding hydrogens is 250 g/mol. The van der Waals surface area contributed by atoms with E-state index in [2.05, 4.69) is 19.2 Å². The standard InChI is InChI=1S/C14H20ClNO2/c1-9(2)10(3)16-14(17)11(4)18-13-7-5-12(15)6-8-13/h5-11H,1-4H3,(H,16,17). The first-order valence-corrected chi connectivity index (χ1v) is 6.50. The molecule has 3 nitrogen and oxygen atoms in total. The van der Waals surface area contributed by atoms with Crippen LogP contribution >= 0.6 is 11.6 Å². The summed E-state index contributed by atoms with van der Waals surface area (Å²) in [5, 5.41) is 3.57. The Kier molecular flexibility index (Phi) is 5.48. The van der Waals surface area contributed by atoms with Crippen LogP contribution in [0.25, 0.3) is 0 Å². The zero-order valence-corrected chi connectivity index (χ0v) is 12.0. The van der Waals surface area contributed by atoms with E-state index in [4.69, 9.17) is 16.3 Å². The van der Waals surface area contributed by atoms with E-state index in [9.17, 15) is 4.79 Å². The second-order valence-electron chi connectivity index (χ2n) is 4.76. The quantitative estimate of drug-likeness (QED) is 0.891. The Hall–Kier alpha value is -1.22. The van der Waals surface area contributed by atoms with Crippen LogP contribution in [0.3, 0.4) is 0 Å². The van der Waals surface area contributed by atoms with Crippen LogP contribution in [-0.2, 0) is 4.79 Å². The molecule has 1 N–H and O–H groups in total. The number of rotatable bonds is 5. The van der Waals surface area contributed by atoms with Crippen molar-refractivity contribution in [2.45, 2.75) is 39.8 Å². The van der Waals surface area contributed by atoms with E-state index in [0.29, 0.717) is 16.7 Å². The van der Waals surface area contributed by atoms with Crippen LogP contribution in [0.2, 0.25) is 5.02 Å². The largest absolute Gasteiger partial charge is 0.481 e. The second kappa shape index (κ2) is 6.64. The Morgan fingerprint density at radius 1 is 1.17 bits per heavy atom. The highest BCUT2D eigenvalue weighted by Crippen LogP contribution is 2.16. The molecular formula is C14H20ClNO2. The zero-order chi connectivity index (χ0) is 13.7. The maximum atomic E-state index is 11.9. The van der Waals surface area contributed by atoms with Gasteiger partial charge in [0.15, 0.2) is 6.10 Å². The SMILES string of the molecule is CC(Oc1ccc(Cl)cc1)C(=O)NC(C)C(C)C. The zero-order valence-electron chi connectivity index (χ0n) is 11.2. The lowest BCUT2D eigenvalue weighted by molar-refractivity contribution is -0.128. The van der Waals surface area contributed by atoms with Crippen LogP contribution in [0.5, 0.6) is 5.75 Å². The van der Waals surface area contributed by atoms with E-state index in [1.165, 1.54) is 0 Å². The summed E-state index contributed by atoms with van der Waals surface area (Å²) >= 11 is 5.78. The molecule has 1 aromatic rings. The molecule has 0 heterocycles. The molecule has 0 saturated carbocycles. The monoisotopic (exact) mass is 269 g/mol. The summed E-state index contributed by atoms with van der Waals surface area (Å²) in [5.41, 5.74) is 0. The summed E-state index contributed by atoms with van der Waals surface area (Å²) < 4.78 is 5.54. The minimum Gasteiger partial charge on any atom is -0.481 e. The van der Waals surface area contributed by atoms with Crippen LogP contribution in [0.4, 0.5) is 0 Å². The van der Waals surface area contributed by atoms with Gasteiger partial charge >= 0.3 is 0 Å². The first kappa shape index (κ1) is 14.8. The average Bonchev–Trinajstić information content (AvgIpc) is 2.31. The van der Waals surface area contributed by atoms with Crippen LogP contribution in [0.15, 0.2) is 24.3 Å². The molecule has 0 aliphatic carbocycles. The predicted octanol–water partition coefficient (Wildman–Crippen LogP) is 3.27. The normalized spacial score (nSPS) is 14.1. The number of halogens is 1. The lowest BCUT2D eigenvalue weighted by atomic mass is 10.1. The Balaban J connectivity index is 2.52. The molecule has 0 aliphatic rings. The highest BCUT2D eigenvalue weighted by molar-refractivity contribution is 6.30. The summed E-state index contributed by atoms with van der Waals surface area (Å²) in [6, 6.07) is 7.10. The molecule has 1 rings (SSSR count). The molecule has 0 spiro atoms. The van der Waals surface area contributed by atoms with Gasteiger partial charge in [0.25, 0.3) is 5.91 Å². The van der Waals surface area contributed by atoms with Gasteiger partial charge in [-0.05, 0) is 44.0 Å². The van der Waals surface area contributed by atoms with Crippen molar-refractivity contribution in [1.82, 2.24) is 5.32 Å². The molecule has 0 aliphatic heterocycles. The minimum absolute atomic E-state index is 0.105. The number of carbonyl (C=O) groups is 1. The third-order valence-corrected chi connectivity index (χ3v) is 3.12. The van der Waals surface area contributed by atoms with E-state index in [1.54, 1.807) is 31.2 Å². The van der Waals surface area contributed by atoms with Gasteiger partial charge in [0.05, 0.1) is 0 Å². The van der Waals surface area contributed by atoms with Gasteiger partial charge in [-0.15, -0.1) is 0 Å². The summed E-state index contributed by atoms with van der Waals surface area (Å²) in [5.74, 6) is 0.932. The van der Waals surface area contributed by atoms with Crippen molar-refractivity contribution in [3.63, 3.8) is 0 Å². The first-order valence-electron chi connectivity index (χ1n) is 6.12. The maximum absolute atomic E-state index is 11.9. The van der Waals surface area contributed by atoms with Gasteiger partial charge in [-0.1, -0.05) is 25.4 Å². The third-order valence-electron chi connectivity index (χ3n) is 2.87. The molecule has 0 fully saturated rings. The Labute approximate surface area is 113 Å². The molecule has 0 radical (unpaired) electrons. The van der Waals surface area contributed by atoms with Crippen molar-refractivity contribution >= 4 is 17.5 Å².